The first-order chi connectivity index (χ1) is 27.1. The minimum atomic E-state index is -0.179. The summed E-state index contributed by atoms with van der Waals surface area (Å²) in [7, 11) is 0. The molecule has 0 saturated heterocycles. The molecule has 258 valence electrons. The molecule has 11 rings (SSSR count). The molecule has 0 amide bonds. The highest BCUT2D eigenvalue weighted by atomic mass is 14.4. The Kier molecular flexibility index (Phi) is 7.00. The van der Waals surface area contributed by atoms with E-state index < -0.39 is 0 Å². The third-order valence-corrected chi connectivity index (χ3v) is 12.2. The van der Waals surface area contributed by atoms with Crippen LogP contribution in [-0.2, 0) is 5.41 Å². The summed E-state index contributed by atoms with van der Waals surface area (Å²) in [5, 5.41) is 10.4. The Morgan fingerprint density at radius 2 is 0.636 bits per heavy atom. The first-order valence-corrected chi connectivity index (χ1v) is 19.4. The van der Waals surface area contributed by atoms with Crippen molar-refractivity contribution in [2.45, 2.75) is 19.3 Å². The first kappa shape index (κ1) is 31.7. The zero-order chi connectivity index (χ0) is 36.7. The largest absolute Gasteiger partial charge is 0.0622 e. The zero-order valence-corrected chi connectivity index (χ0v) is 31.0. The second-order valence-electron chi connectivity index (χ2n) is 15.5. The number of fused-ring (bicyclic) bond motifs is 10. The third-order valence-electron chi connectivity index (χ3n) is 12.2. The topological polar surface area (TPSA) is 0 Å². The van der Waals surface area contributed by atoms with Gasteiger partial charge in [-0.25, -0.2) is 0 Å². The summed E-state index contributed by atoms with van der Waals surface area (Å²) >= 11 is 0. The van der Waals surface area contributed by atoms with Crippen LogP contribution < -0.4 is 0 Å². The highest BCUT2D eigenvalue weighted by molar-refractivity contribution is 6.23. The van der Waals surface area contributed by atoms with Gasteiger partial charge in [0.1, 0.15) is 0 Å². The molecule has 0 saturated carbocycles. The number of rotatable bonds is 4. The van der Waals surface area contributed by atoms with E-state index in [1.54, 1.807) is 0 Å². The summed E-state index contributed by atoms with van der Waals surface area (Å²) in [6.45, 7) is 4.85. The molecule has 10 aromatic rings. The summed E-state index contributed by atoms with van der Waals surface area (Å²) < 4.78 is 0. The fraction of sp³-hybridized carbons (Fsp3) is 0.0545. The van der Waals surface area contributed by atoms with Gasteiger partial charge in [-0.15, -0.1) is 0 Å². The van der Waals surface area contributed by atoms with Crippen LogP contribution in [0.25, 0.3) is 98.7 Å². The fourth-order valence-electron chi connectivity index (χ4n) is 9.99. The van der Waals surface area contributed by atoms with E-state index in [-0.39, 0.29) is 5.41 Å². The number of hydrogen-bond donors (Lipinski definition) is 0. The van der Waals surface area contributed by atoms with Gasteiger partial charge in [0.05, 0.1) is 0 Å². The van der Waals surface area contributed by atoms with Gasteiger partial charge in [-0.1, -0.05) is 208 Å². The predicted molar refractivity (Wildman–Crippen MR) is 236 cm³/mol. The summed E-state index contributed by atoms with van der Waals surface area (Å²) in [6.07, 6.45) is 0. The van der Waals surface area contributed by atoms with E-state index in [0.29, 0.717) is 0 Å². The van der Waals surface area contributed by atoms with E-state index in [4.69, 9.17) is 0 Å². The second kappa shape index (κ2) is 12.1. The highest BCUT2D eigenvalue weighted by Gasteiger charge is 2.40. The molecule has 0 heteroatoms. The lowest BCUT2D eigenvalue weighted by Crippen LogP contribution is -2.17. The minimum absolute atomic E-state index is 0.179. The van der Waals surface area contributed by atoms with Crippen LogP contribution >= 0.6 is 0 Å². The van der Waals surface area contributed by atoms with Gasteiger partial charge in [-0.05, 0) is 110 Å². The number of hydrogen-bond acceptors (Lipinski definition) is 0. The maximum absolute atomic E-state index is 2.42. The van der Waals surface area contributed by atoms with Crippen molar-refractivity contribution < 1.29 is 0 Å². The second-order valence-corrected chi connectivity index (χ2v) is 15.5. The maximum atomic E-state index is 2.42. The highest BCUT2D eigenvalue weighted by Crippen LogP contribution is 2.57. The Morgan fingerprint density at radius 1 is 0.236 bits per heavy atom. The van der Waals surface area contributed by atoms with Crippen molar-refractivity contribution in [3.63, 3.8) is 0 Å². The van der Waals surface area contributed by atoms with Crippen LogP contribution in [0.4, 0.5) is 0 Å². The van der Waals surface area contributed by atoms with Crippen LogP contribution in [0.1, 0.15) is 25.0 Å². The molecule has 0 fully saturated rings. The van der Waals surface area contributed by atoms with Crippen LogP contribution in [0, 0.1) is 0 Å². The Morgan fingerprint density at radius 3 is 1.25 bits per heavy atom. The van der Waals surface area contributed by atoms with Crippen LogP contribution in [-0.4, -0.2) is 0 Å². The third kappa shape index (κ3) is 4.65. The van der Waals surface area contributed by atoms with E-state index in [1.807, 2.05) is 0 Å². The molecule has 0 bridgehead atoms. The van der Waals surface area contributed by atoms with Crippen LogP contribution in [0.15, 0.2) is 194 Å². The quantitative estimate of drug-likeness (QED) is 0.127. The van der Waals surface area contributed by atoms with Gasteiger partial charge in [0.15, 0.2) is 0 Å². The monoisotopic (exact) mass is 698 g/mol. The molecule has 0 radical (unpaired) electrons. The van der Waals surface area contributed by atoms with E-state index in [9.17, 15) is 0 Å². The van der Waals surface area contributed by atoms with Crippen LogP contribution in [0.2, 0.25) is 0 Å². The van der Waals surface area contributed by atoms with Crippen molar-refractivity contribution in [1.29, 1.82) is 0 Å². The average molecular weight is 699 g/mol. The minimum Gasteiger partial charge on any atom is -0.0622 e. The lowest BCUT2D eigenvalue weighted by atomic mass is 9.76. The molecule has 10 aromatic carbocycles. The Bertz CT molecular complexity index is 3090. The molecule has 1 aliphatic carbocycles. The summed E-state index contributed by atoms with van der Waals surface area (Å²) in [5.41, 5.74) is 15.5. The zero-order valence-electron chi connectivity index (χ0n) is 31.0. The summed E-state index contributed by atoms with van der Waals surface area (Å²) in [6, 6.07) is 71.8. The molecular formula is C55H38. The Labute approximate surface area is 322 Å². The lowest BCUT2D eigenvalue weighted by molar-refractivity contribution is 0.668. The van der Waals surface area contributed by atoms with Crippen molar-refractivity contribution in [2.75, 3.05) is 0 Å². The molecule has 0 nitrogen and oxygen atoms in total. The SMILES string of the molecule is CC1(C)c2c(-c3ccc(-c4c5ccccc5c(-c5ccccc5-c5ccccc5)c5ccccc45)cc3)cccc2-c2c1c1ccccc1c1ccccc21. The van der Waals surface area contributed by atoms with E-state index in [1.165, 1.54) is 110 Å². The average Bonchev–Trinajstić information content (AvgIpc) is 3.50. The van der Waals surface area contributed by atoms with Gasteiger partial charge in [-0.3, -0.25) is 0 Å². The van der Waals surface area contributed by atoms with Crippen molar-refractivity contribution in [3.05, 3.63) is 205 Å². The molecule has 1 aliphatic rings. The van der Waals surface area contributed by atoms with E-state index >= 15 is 0 Å². The predicted octanol–water partition coefficient (Wildman–Crippen LogP) is 15.3. The summed E-state index contributed by atoms with van der Waals surface area (Å²) in [4.78, 5) is 0. The van der Waals surface area contributed by atoms with E-state index in [2.05, 4.69) is 208 Å². The Balaban J connectivity index is 1.10. The lowest BCUT2D eigenvalue weighted by Gasteiger charge is -2.26. The number of benzene rings is 10. The maximum Gasteiger partial charge on any atom is 0.0171 e. The van der Waals surface area contributed by atoms with Gasteiger partial charge in [-0.2, -0.15) is 0 Å². The fourth-order valence-corrected chi connectivity index (χ4v) is 9.99. The molecule has 0 spiro atoms. The van der Waals surface area contributed by atoms with Crippen LogP contribution in [0.3, 0.4) is 0 Å². The van der Waals surface area contributed by atoms with Gasteiger partial charge in [0, 0.05) is 5.41 Å². The normalized spacial score (nSPS) is 13.1. The van der Waals surface area contributed by atoms with Crippen molar-refractivity contribution in [2.24, 2.45) is 0 Å². The standard InChI is InChI=1S/C55H38/c1-55(2)53-39(29-16-30-49(53)52-43-23-10-7-20-40(43)41-21-8-15-28-48(41)54(52)55)36-31-33-37(34-32-36)50-44-24-11-13-26-46(44)51(47-27-14-12-25-45(47)50)42-22-9-6-19-38(42)35-17-4-3-5-18-35/h3-34H,1-2H3. The molecule has 0 atom stereocenters. The molecule has 55 heavy (non-hydrogen) atoms. The van der Waals surface area contributed by atoms with Crippen LogP contribution in [0.5, 0.6) is 0 Å². The molecule has 0 aromatic heterocycles. The smallest absolute Gasteiger partial charge is 0.0171 e. The summed E-state index contributed by atoms with van der Waals surface area (Å²) in [5.74, 6) is 0. The van der Waals surface area contributed by atoms with Crippen molar-refractivity contribution in [3.8, 4) is 55.6 Å². The van der Waals surface area contributed by atoms with Gasteiger partial charge in [0.2, 0.25) is 0 Å². The molecule has 0 N–H and O–H groups in total. The molecule has 0 heterocycles. The molecule has 0 aliphatic heterocycles. The van der Waals surface area contributed by atoms with E-state index in [0.717, 1.165) is 0 Å². The van der Waals surface area contributed by atoms with Crippen molar-refractivity contribution >= 4 is 43.1 Å². The van der Waals surface area contributed by atoms with Crippen molar-refractivity contribution in [1.82, 2.24) is 0 Å². The van der Waals surface area contributed by atoms with Gasteiger partial charge in [0.25, 0.3) is 0 Å². The van der Waals surface area contributed by atoms with Gasteiger partial charge < -0.3 is 0 Å². The molecule has 0 unspecified atom stereocenters. The first-order valence-electron chi connectivity index (χ1n) is 19.4. The van der Waals surface area contributed by atoms with Gasteiger partial charge >= 0.3 is 0 Å². The Hall–Kier alpha value is -6.76. The molecular weight excluding hydrogens is 661 g/mol.